The molecule has 4 aromatic rings. The third-order valence-electron chi connectivity index (χ3n) is 5.17. The van der Waals surface area contributed by atoms with Gasteiger partial charge in [0, 0.05) is 6.20 Å². The van der Waals surface area contributed by atoms with Crippen LogP contribution in [-0.2, 0) is 12.4 Å². The van der Waals surface area contributed by atoms with E-state index in [4.69, 9.17) is 5.11 Å². The number of aromatic amines is 1. The van der Waals surface area contributed by atoms with Crippen molar-refractivity contribution in [1.29, 1.82) is 0 Å². The zero-order valence-electron chi connectivity index (χ0n) is 17.5. The highest BCUT2D eigenvalue weighted by Gasteiger charge is 2.38. The Morgan fingerprint density at radius 1 is 1.06 bits per heavy atom. The van der Waals surface area contributed by atoms with Gasteiger partial charge in [0.2, 0.25) is 5.95 Å². The quantitative estimate of drug-likeness (QED) is 0.400. The predicted molar refractivity (Wildman–Crippen MR) is 107 cm³/mol. The van der Waals surface area contributed by atoms with Crippen LogP contribution in [0.25, 0.3) is 17.0 Å². The Balaban J connectivity index is 1.85. The molecule has 0 saturated heterocycles. The van der Waals surface area contributed by atoms with Gasteiger partial charge >= 0.3 is 18.3 Å². The first-order chi connectivity index (χ1) is 16.3. The third kappa shape index (κ3) is 4.48. The lowest BCUT2D eigenvalue weighted by molar-refractivity contribution is -0.143. The van der Waals surface area contributed by atoms with Crippen LogP contribution >= 0.6 is 0 Å². The highest BCUT2D eigenvalue weighted by molar-refractivity contribution is 5.87. The van der Waals surface area contributed by atoms with Gasteiger partial charge in [-0.25, -0.2) is 14.5 Å². The molecule has 184 valence electrons. The summed E-state index contributed by atoms with van der Waals surface area (Å²) in [5, 5.41) is 16.8. The topological polar surface area (TPSA) is 119 Å². The highest BCUT2D eigenvalue weighted by Crippen LogP contribution is 2.38. The number of nitrogens with one attached hydrogen (secondary N) is 1. The van der Waals surface area contributed by atoms with E-state index in [1.807, 2.05) is 0 Å². The molecule has 9 nitrogen and oxygen atoms in total. The maximum atomic E-state index is 13.3. The molecule has 1 unspecified atom stereocenters. The van der Waals surface area contributed by atoms with E-state index >= 15 is 0 Å². The highest BCUT2D eigenvalue weighted by atomic mass is 19.4. The minimum Gasteiger partial charge on any atom is -0.478 e. The van der Waals surface area contributed by atoms with Gasteiger partial charge in [-0.3, -0.25) is 14.5 Å². The number of aromatic carboxylic acids is 1. The van der Waals surface area contributed by atoms with Crippen LogP contribution < -0.4 is 5.56 Å². The molecule has 0 radical (unpaired) electrons. The molecule has 0 fully saturated rings. The van der Waals surface area contributed by atoms with E-state index in [0.717, 1.165) is 28.0 Å². The number of nitrogens with zero attached hydrogens (tertiary/aromatic N) is 5. The van der Waals surface area contributed by atoms with Crippen LogP contribution in [-0.4, -0.2) is 40.6 Å². The van der Waals surface area contributed by atoms with Gasteiger partial charge in [-0.2, -0.15) is 36.5 Å². The average molecular weight is 500 g/mol. The molecule has 2 N–H and O–H groups in total. The Morgan fingerprint density at radius 3 is 2.20 bits per heavy atom. The fraction of sp³-hybridized carbons (Fsp3) is 0.250. The summed E-state index contributed by atoms with van der Waals surface area (Å²) in [5.41, 5.74) is -4.54. The molecule has 0 aliphatic heterocycles. The maximum Gasteiger partial charge on any atom is 0.416 e. The van der Waals surface area contributed by atoms with Gasteiger partial charge in [0.05, 0.1) is 35.1 Å². The Kier molecular flexibility index (Phi) is 5.65. The lowest BCUT2D eigenvalue weighted by Gasteiger charge is -2.20. The lowest BCUT2D eigenvalue weighted by atomic mass is 9.98. The number of hydrogen-bond acceptors (Lipinski definition) is 5. The molecule has 0 saturated carbocycles. The van der Waals surface area contributed by atoms with E-state index < -0.39 is 41.0 Å². The van der Waals surface area contributed by atoms with Gasteiger partial charge in [0.25, 0.3) is 5.56 Å². The summed E-state index contributed by atoms with van der Waals surface area (Å²) in [4.78, 5) is 30.4. The van der Waals surface area contributed by atoms with Crippen LogP contribution in [0.15, 0.2) is 41.6 Å². The summed E-state index contributed by atoms with van der Waals surface area (Å²) in [6.07, 6.45) is -6.84. The molecule has 0 spiro atoms. The second kappa shape index (κ2) is 8.25. The molecule has 35 heavy (non-hydrogen) atoms. The first-order valence-corrected chi connectivity index (χ1v) is 9.85. The van der Waals surface area contributed by atoms with Crippen molar-refractivity contribution in [3.05, 3.63) is 69.4 Å². The lowest BCUT2D eigenvalue weighted by Crippen LogP contribution is -2.21. The monoisotopic (exact) mass is 500 g/mol. The summed E-state index contributed by atoms with van der Waals surface area (Å²) in [5.74, 6) is -1.43. The molecule has 3 aromatic heterocycles. The number of aromatic nitrogens is 6. The summed E-state index contributed by atoms with van der Waals surface area (Å²) >= 11 is 0. The van der Waals surface area contributed by atoms with Gasteiger partial charge < -0.3 is 5.11 Å². The number of halogens is 6. The largest absolute Gasteiger partial charge is 0.478 e. The fourth-order valence-corrected chi connectivity index (χ4v) is 3.57. The molecular weight excluding hydrogens is 486 g/mol. The van der Waals surface area contributed by atoms with Crippen LogP contribution in [0, 0.1) is 0 Å². The smallest absolute Gasteiger partial charge is 0.416 e. The number of H-pyrrole nitrogens is 1. The van der Waals surface area contributed by atoms with Crippen molar-refractivity contribution < 1.29 is 36.2 Å². The molecule has 1 aromatic carbocycles. The average Bonchev–Trinajstić information content (AvgIpc) is 3.41. The van der Waals surface area contributed by atoms with Crippen molar-refractivity contribution in [2.75, 3.05) is 0 Å². The molecule has 4 rings (SSSR count). The summed E-state index contributed by atoms with van der Waals surface area (Å²) in [7, 11) is 0. The van der Waals surface area contributed by atoms with Crippen LogP contribution in [0.2, 0.25) is 0 Å². The molecule has 0 aliphatic carbocycles. The molecule has 0 aliphatic rings. The maximum absolute atomic E-state index is 13.3. The number of rotatable bonds is 5. The zero-order chi connectivity index (χ0) is 25.7. The molecule has 15 heteroatoms. The number of fused-ring (bicyclic) bond motifs is 1. The standard InChI is InChI=1S/C20H14F6N6O3/c1-2-14(9-3-11(19(21,22)23)5-12(4-9)20(24,25)26)32-15-13(7-28-32)29-18(30-16(15)33)31-8-10(6-27-31)17(34)35/h3-8,14H,2H2,1H3,(H,34,35)(H,29,30,33). The van der Waals surface area contributed by atoms with Gasteiger partial charge in [-0.05, 0) is 30.2 Å². The second-order valence-corrected chi connectivity index (χ2v) is 7.45. The van der Waals surface area contributed by atoms with Crippen LogP contribution in [0.5, 0.6) is 0 Å². The number of alkyl halides is 6. The Bertz CT molecular complexity index is 1450. The first-order valence-electron chi connectivity index (χ1n) is 9.85. The Labute approximate surface area is 190 Å². The van der Waals surface area contributed by atoms with Crippen molar-refractivity contribution in [2.24, 2.45) is 0 Å². The van der Waals surface area contributed by atoms with Gasteiger partial charge in [0.15, 0.2) is 5.52 Å². The van der Waals surface area contributed by atoms with E-state index in [2.05, 4.69) is 20.2 Å². The van der Waals surface area contributed by atoms with Crippen LogP contribution in [0.3, 0.4) is 0 Å². The molecular formula is C20H14F6N6O3. The summed E-state index contributed by atoms with van der Waals surface area (Å²) in [6.45, 7) is 1.51. The fourth-order valence-electron chi connectivity index (χ4n) is 3.57. The number of benzene rings is 1. The van der Waals surface area contributed by atoms with Crippen molar-refractivity contribution >= 4 is 17.0 Å². The molecule has 0 bridgehead atoms. The molecule has 3 heterocycles. The van der Waals surface area contributed by atoms with E-state index in [0.29, 0.717) is 12.1 Å². The van der Waals surface area contributed by atoms with Gasteiger partial charge in [-0.1, -0.05) is 6.92 Å². The van der Waals surface area contributed by atoms with Crippen LogP contribution in [0.4, 0.5) is 26.3 Å². The SMILES string of the molecule is CCC(c1cc(C(F)(F)F)cc(C(F)(F)F)c1)n1ncc2nc(-n3cc(C(=O)O)cn3)[nH]c(=O)c21. The number of hydrogen-bond donors (Lipinski definition) is 2. The minimum atomic E-state index is -5.03. The van der Waals surface area contributed by atoms with Gasteiger partial charge in [0.1, 0.15) is 5.52 Å². The van der Waals surface area contributed by atoms with E-state index in [1.54, 1.807) is 0 Å². The Morgan fingerprint density at radius 2 is 1.69 bits per heavy atom. The number of carboxylic acids is 1. The molecule has 0 amide bonds. The normalized spacial score (nSPS) is 13.3. The summed E-state index contributed by atoms with van der Waals surface area (Å²) < 4.78 is 81.9. The minimum absolute atomic E-state index is 0.00228. The zero-order valence-corrected chi connectivity index (χ0v) is 17.5. The van der Waals surface area contributed by atoms with E-state index in [-0.39, 0.29) is 40.6 Å². The van der Waals surface area contributed by atoms with Crippen LogP contribution in [0.1, 0.15) is 46.4 Å². The third-order valence-corrected chi connectivity index (χ3v) is 5.17. The Hall–Kier alpha value is -4.17. The van der Waals surface area contributed by atoms with Gasteiger partial charge in [-0.15, -0.1) is 0 Å². The van der Waals surface area contributed by atoms with Crippen molar-refractivity contribution in [1.82, 2.24) is 29.5 Å². The summed E-state index contributed by atoms with van der Waals surface area (Å²) in [6, 6.07) is 0.0368. The first kappa shape index (κ1) is 24.0. The van der Waals surface area contributed by atoms with Crippen molar-refractivity contribution in [2.45, 2.75) is 31.7 Å². The van der Waals surface area contributed by atoms with Crippen molar-refractivity contribution in [3.8, 4) is 5.95 Å². The predicted octanol–water partition coefficient (Wildman–Crippen LogP) is 4.04. The van der Waals surface area contributed by atoms with Crippen molar-refractivity contribution in [3.63, 3.8) is 0 Å². The molecule has 1 atom stereocenters. The van der Waals surface area contributed by atoms with E-state index in [9.17, 15) is 35.9 Å². The van der Waals surface area contributed by atoms with E-state index in [1.165, 1.54) is 6.92 Å². The second-order valence-electron chi connectivity index (χ2n) is 7.45. The number of carbonyl (C=O) groups is 1. The number of carboxylic acid groups (broad SMARTS) is 1.